The Balaban J connectivity index is 0.000000821. The summed E-state index contributed by atoms with van der Waals surface area (Å²) < 4.78 is 5.77. The molecule has 3 aliphatic rings. The van der Waals surface area contributed by atoms with E-state index >= 15 is 0 Å². The molecule has 3 aliphatic heterocycles. The Morgan fingerprint density at radius 3 is 2.58 bits per heavy atom. The van der Waals surface area contributed by atoms with Crippen molar-refractivity contribution in [2.24, 2.45) is 5.41 Å². The monoisotopic (exact) mass is 454 g/mol. The molecule has 3 saturated heterocycles. The van der Waals surface area contributed by atoms with E-state index in [1.165, 1.54) is 12.8 Å². The summed E-state index contributed by atoms with van der Waals surface area (Å²) in [6.07, 6.45) is 8.06. The largest absolute Gasteiger partial charge is 0.483 e. The molecule has 4 heterocycles. The molecule has 1 unspecified atom stereocenters. The Kier molecular flexibility index (Phi) is 7.08. The zero-order valence-electron chi connectivity index (χ0n) is 18.6. The number of H-pyrrole nitrogens is 1. The minimum absolute atomic E-state index is 0.00229. The number of ether oxygens (including phenoxy) is 1. The number of carboxylic acid groups (broad SMARTS) is 1. The molecule has 1 aromatic heterocycles. The molecule has 5 rings (SSSR count). The van der Waals surface area contributed by atoms with Crippen molar-refractivity contribution in [2.45, 2.75) is 38.2 Å². The minimum Gasteiger partial charge on any atom is -0.483 e. The maximum Gasteiger partial charge on any atom is 0.312 e. The Morgan fingerprint density at radius 1 is 1.21 bits per heavy atom. The van der Waals surface area contributed by atoms with Crippen LogP contribution in [0.2, 0.25) is 0 Å². The number of aromatic nitrogens is 2. The van der Waals surface area contributed by atoms with E-state index in [1.54, 1.807) is 12.4 Å². The van der Waals surface area contributed by atoms with Gasteiger partial charge in [-0.2, -0.15) is 0 Å². The van der Waals surface area contributed by atoms with Gasteiger partial charge in [0, 0.05) is 44.0 Å². The zero-order chi connectivity index (χ0) is 23.3. The van der Waals surface area contributed by atoms with Crippen LogP contribution in [-0.2, 0) is 14.3 Å². The normalized spacial score (nSPS) is 22.0. The number of rotatable bonds is 4. The summed E-state index contributed by atoms with van der Waals surface area (Å²) in [5.74, 6) is 0.628. The van der Waals surface area contributed by atoms with E-state index in [1.807, 2.05) is 29.2 Å². The topological polar surface area (TPSA) is 116 Å². The molecule has 33 heavy (non-hydrogen) atoms. The number of nitrogens with zero attached hydrogens (tertiary/aromatic N) is 3. The van der Waals surface area contributed by atoms with Gasteiger partial charge in [-0.3, -0.25) is 19.3 Å². The molecule has 0 radical (unpaired) electrons. The number of cyclic esters (lactones) is 1. The van der Waals surface area contributed by atoms with Crippen LogP contribution in [-0.4, -0.2) is 82.1 Å². The van der Waals surface area contributed by atoms with Crippen LogP contribution in [0.25, 0.3) is 11.4 Å². The molecule has 176 valence electrons. The van der Waals surface area contributed by atoms with E-state index in [0.29, 0.717) is 37.3 Å². The lowest BCUT2D eigenvalue weighted by Crippen LogP contribution is -2.45. The Morgan fingerprint density at radius 2 is 1.91 bits per heavy atom. The summed E-state index contributed by atoms with van der Waals surface area (Å²) in [6.45, 7) is 3.98. The van der Waals surface area contributed by atoms with Crippen molar-refractivity contribution < 1.29 is 24.2 Å². The number of benzene rings is 1. The molecule has 1 aromatic carbocycles. The Hall–Kier alpha value is -3.20. The highest BCUT2D eigenvalue weighted by Gasteiger charge is 2.51. The van der Waals surface area contributed by atoms with Crippen molar-refractivity contribution in [1.29, 1.82) is 0 Å². The van der Waals surface area contributed by atoms with E-state index in [2.05, 4.69) is 14.9 Å². The number of carbonyl (C=O) groups excluding carboxylic acids is 2. The summed E-state index contributed by atoms with van der Waals surface area (Å²) in [7, 11) is 0. The minimum atomic E-state index is -0.415. The van der Waals surface area contributed by atoms with Crippen molar-refractivity contribution in [3.63, 3.8) is 0 Å². The number of amides is 1. The van der Waals surface area contributed by atoms with Gasteiger partial charge in [0.05, 0.1) is 11.0 Å². The average Bonchev–Trinajstić information content (AvgIpc) is 3.58. The fraction of sp³-hybridized carbons (Fsp3) is 0.500. The van der Waals surface area contributed by atoms with Gasteiger partial charge in [0.25, 0.3) is 12.4 Å². The van der Waals surface area contributed by atoms with Crippen molar-refractivity contribution in [3.8, 4) is 11.4 Å². The maximum absolute atomic E-state index is 13.3. The number of likely N-dealkylation sites (tertiary alicyclic amines) is 2. The number of hydrogen-bond donors (Lipinski definition) is 2. The van der Waals surface area contributed by atoms with Gasteiger partial charge in [0.1, 0.15) is 11.9 Å². The molecule has 2 aromatic rings. The summed E-state index contributed by atoms with van der Waals surface area (Å²) in [5.41, 5.74) is 1.03. The van der Waals surface area contributed by atoms with Crippen LogP contribution in [0.3, 0.4) is 0 Å². The van der Waals surface area contributed by atoms with Gasteiger partial charge in [0.2, 0.25) is 0 Å². The third-order valence-corrected chi connectivity index (χ3v) is 6.90. The van der Waals surface area contributed by atoms with Crippen LogP contribution in [0.15, 0.2) is 36.7 Å². The summed E-state index contributed by atoms with van der Waals surface area (Å²) in [4.78, 5) is 46.0. The van der Waals surface area contributed by atoms with Crippen molar-refractivity contribution in [2.75, 3.05) is 32.7 Å². The van der Waals surface area contributed by atoms with Gasteiger partial charge < -0.3 is 19.7 Å². The first-order valence-corrected chi connectivity index (χ1v) is 11.5. The van der Waals surface area contributed by atoms with Gasteiger partial charge in [-0.15, -0.1) is 0 Å². The molecule has 9 heteroatoms. The molecule has 2 N–H and O–H groups in total. The van der Waals surface area contributed by atoms with Crippen LogP contribution in [0.4, 0.5) is 0 Å². The third kappa shape index (κ3) is 4.93. The first-order chi connectivity index (χ1) is 16.1. The second-order valence-electron chi connectivity index (χ2n) is 8.90. The van der Waals surface area contributed by atoms with Crippen molar-refractivity contribution in [3.05, 3.63) is 42.2 Å². The highest BCUT2D eigenvalue weighted by Crippen LogP contribution is 2.43. The van der Waals surface area contributed by atoms with Gasteiger partial charge in [-0.1, -0.05) is 18.2 Å². The van der Waals surface area contributed by atoms with Gasteiger partial charge in [0.15, 0.2) is 0 Å². The lowest BCUT2D eigenvalue weighted by molar-refractivity contribution is -0.151. The van der Waals surface area contributed by atoms with Crippen LogP contribution in [0, 0.1) is 5.41 Å². The summed E-state index contributed by atoms with van der Waals surface area (Å²) in [5, 5.41) is 6.89. The Bertz CT molecular complexity index is 963. The molecule has 0 aliphatic carbocycles. The number of hydrogen-bond acceptors (Lipinski definition) is 6. The standard InChI is InChI=1S/C23H28N4O3.CH2O2/c28-21(19-6-2-1-5-18(19)20-24-9-10-25-20)27-13-7-23(8-14-27)15-17(30-22(23)29)16-26-11-3-4-12-26;2-1-3/h1-2,5-6,9-10,17H,3-4,7-8,11-16H2,(H,24,25);1H,(H,2,3). The first-order valence-electron chi connectivity index (χ1n) is 11.5. The SMILES string of the molecule is O=C(c1ccccc1-c1ncc[nH]1)N1CCC2(CC1)CC(CN1CCCC1)OC2=O.O=CO. The lowest BCUT2D eigenvalue weighted by Gasteiger charge is -2.36. The third-order valence-electron chi connectivity index (χ3n) is 6.90. The molecule has 1 amide bonds. The number of aromatic amines is 1. The number of carbonyl (C=O) groups is 3. The second-order valence-corrected chi connectivity index (χ2v) is 8.90. The Labute approximate surface area is 192 Å². The lowest BCUT2D eigenvalue weighted by atomic mass is 9.76. The van der Waals surface area contributed by atoms with E-state index in [9.17, 15) is 9.59 Å². The molecule has 1 spiro atoms. The van der Waals surface area contributed by atoms with Crippen molar-refractivity contribution in [1.82, 2.24) is 19.8 Å². The zero-order valence-corrected chi connectivity index (χ0v) is 18.6. The highest BCUT2D eigenvalue weighted by atomic mass is 16.6. The van der Waals surface area contributed by atoms with Crippen LogP contribution >= 0.6 is 0 Å². The van der Waals surface area contributed by atoms with Crippen LogP contribution < -0.4 is 0 Å². The fourth-order valence-corrected chi connectivity index (χ4v) is 5.20. The van der Waals surface area contributed by atoms with Crippen LogP contribution in [0.1, 0.15) is 42.5 Å². The number of imidazole rings is 1. The molecular formula is C24H30N4O5. The predicted molar refractivity (Wildman–Crippen MR) is 120 cm³/mol. The van der Waals surface area contributed by atoms with Gasteiger partial charge in [-0.05, 0) is 44.8 Å². The average molecular weight is 455 g/mol. The summed E-state index contributed by atoms with van der Waals surface area (Å²) in [6, 6.07) is 7.55. The molecule has 0 saturated carbocycles. The van der Waals surface area contributed by atoms with E-state index < -0.39 is 5.41 Å². The van der Waals surface area contributed by atoms with Gasteiger partial charge >= 0.3 is 5.97 Å². The quantitative estimate of drug-likeness (QED) is 0.538. The first kappa shape index (κ1) is 23.0. The predicted octanol–water partition coefficient (Wildman–Crippen LogP) is 2.41. The second kappa shape index (κ2) is 10.2. The fourth-order valence-electron chi connectivity index (χ4n) is 5.20. The van der Waals surface area contributed by atoms with E-state index in [4.69, 9.17) is 14.6 Å². The molecule has 1 atom stereocenters. The van der Waals surface area contributed by atoms with E-state index in [0.717, 1.165) is 31.6 Å². The van der Waals surface area contributed by atoms with E-state index in [-0.39, 0.29) is 24.5 Å². The maximum atomic E-state index is 13.3. The molecule has 3 fully saturated rings. The highest BCUT2D eigenvalue weighted by molar-refractivity contribution is 6.00. The van der Waals surface area contributed by atoms with Gasteiger partial charge in [-0.25, -0.2) is 4.98 Å². The number of piperidine rings is 1. The molecular weight excluding hydrogens is 424 g/mol. The molecule has 9 nitrogen and oxygen atoms in total. The van der Waals surface area contributed by atoms with Crippen LogP contribution in [0.5, 0.6) is 0 Å². The molecule has 0 bridgehead atoms. The number of esters is 1. The van der Waals surface area contributed by atoms with Crippen molar-refractivity contribution >= 4 is 18.3 Å². The number of nitrogens with one attached hydrogen (secondary N) is 1. The smallest absolute Gasteiger partial charge is 0.312 e. The summed E-state index contributed by atoms with van der Waals surface area (Å²) >= 11 is 0.